The van der Waals surface area contributed by atoms with Crippen LogP contribution in [0.1, 0.15) is 22.6 Å². The van der Waals surface area contributed by atoms with E-state index in [4.69, 9.17) is 0 Å². The third-order valence-corrected chi connectivity index (χ3v) is 5.64. The van der Waals surface area contributed by atoms with Crippen molar-refractivity contribution in [2.45, 2.75) is 34.2 Å². The van der Waals surface area contributed by atoms with Crippen LogP contribution in [0.4, 0.5) is 5.82 Å². The van der Waals surface area contributed by atoms with Gasteiger partial charge in [-0.1, -0.05) is 0 Å². The maximum atomic E-state index is 12.4. The van der Waals surface area contributed by atoms with Gasteiger partial charge in [-0.15, -0.1) is 5.10 Å². The number of hydrogen-bond acceptors (Lipinski definition) is 7. The van der Waals surface area contributed by atoms with Crippen molar-refractivity contribution in [3.63, 3.8) is 0 Å². The molecule has 0 unspecified atom stereocenters. The molecule has 0 aromatic carbocycles. The standard InChI is InChI=1S/C20H23N9O/c1-12-7-13(2)28(24-12)17-5-6-18(30)27(25-17)10-16-8-26(9-16)19-14(3)15(4)23-20-21-11-22-29(19)20/h5-7,11,16H,8-10H2,1-4H3. The summed E-state index contributed by atoms with van der Waals surface area (Å²) in [6.45, 7) is 10.2. The van der Waals surface area contributed by atoms with Crippen LogP contribution in [-0.2, 0) is 6.54 Å². The minimum Gasteiger partial charge on any atom is -0.355 e. The molecule has 4 aromatic rings. The lowest BCUT2D eigenvalue weighted by atomic mass is 9.99. The van der Waals surface area contributed by atoms with Gasteiger partial charge in [-0.2, -0.15) is 19.7 Å². The lowest BCUT2D eigenvalue weighted by Crippen LogP contribution is -2.50. The third-order valence-electron chi connectivity index (χ3n) is 5.64. The van der Waals surface area contributed by atoms with E-state index >= 15 is 0 Å². The fraction of sp³-hybridized carbons (Fsp3) is 0.400. The first-order valence-corrected chi connectivity index (χ1v) is 9.94. The quantitative estimate of drug-likeness (QED) is 0.504. The first-order chi connectivity index (χ1) is 14.4. The summed E-state index contributed by atoms with van der Waals surface area (Å²) in [6.07, 6.45) is 1.52. The Balaban J connectivity index is 1.37. The van der Waals surface area contributed by atoms with Crippen molar-refractivity contribution in [1.82, 2.24) is 39.1 Å². The van der Waals surface area contributed by atoms with Crippen molar-refractivity contribution in [3.8, 4) is 5.82 Å². The number of aromatic nitrogens is 8. The van der Waals surface area contributed by atoms with E-state index in [1.807, 2.05) is 26.8 Å². The summed E-state index contributed by atoms with van der Waals surface area (Å²) in [5.41, 5.74) is 3.84. The molecule has 30 heavy (non-hydrogen) atoms. The van der Waals surface area contributed by atoms with E-state index in [1.54, 1.807) is 26.0 Å². The Labute approximate surface area is 172 Å². The zero-order chi connectivity index (χ0) is 21.0. The summed E-state index contributed by atoms with van der Waals surface area (Å²) >= 11 is 0. The van der Waals surface area contributed by atoms with E-state index in [0.717, 1.165) is 41.6 Å². The molecule has 0 aliphatic carbocycles. The number of anilines is 1. The van der Waals surface area contributed by atoms with Gasteiger partial charge in [0.1, 0.15) is 12.1 Å². The Morgan fingerprint density at radius 1 is 1.10 bits per heavy atom. The van der Waals surface area contributed by atoms with Gasteiger partial charge in [-0.3, -0.25) is 4.79 Å². The predicted octanol–water partition coefficient (Wildman–Crippen LogP) is 1.24. The van der Waals surface area contributed by atoms with E-state index in [2.05, 4.69) is 37.1 Å². The first-order valence-electron chi connectivity index (χ1n) is 9.94. The molecular weight excluding hydrogens is 382 g/mol. The monoisotopic (exact) mass is 405 g/mol. The molecule has 0 saturated carbocycles. The minimum atomic E-state index is -0.103. The van der Waals surface area contributed by atoms with E-state index in [1.165, 1.54) is 6.33 Å². The fourth-order valence-corrected chi connectivity index (χ4v) is 4.03. The van der Waals surface area contributed by atoms with Gasteiger partial charge in [0.05, 0.1) is 12.2 Å². The second kappa shape index (κ2) is 6.75. The van der Waals surface area contributed by atoms with Crippen molar-refractivity contribution in [1.29, 1.82) is 0 Å². The van der Waals surface area contributed by atoms with Crippen LogP contribution in [0.25, 0.3) is 11.6 Å². The Hall–Kier alpha value is -3.56. The topological polar surface area (TPSA) is 99.0 Å². The zero-order valence-electron chi connectivity index (χ0n) is 17.4. The summed E-state index contributed by atoms with van der Waals surface area (Å²) in [7, 11) is 0. The highest BCUT2D eigenvalue weighted by molar-refractivity contribution is 5.55. The molecule has 0 amide bonds. The van der Waals surface area contributed by atoms with Gasteiger partial charge >= 0.3 is 0 Å². The molecule has 0 spiro atoms. The molecule has 0 bridgehead atoms. The van der Waals surface area contributed by atoms with Crippen molar-refractivity contribution in [3.05, 3.63) is 57.5 Å². The second-order valence-corrected chi connectivity index (χ2v) is 7.94. The third kappa shape index (κ3) is 2.95. The second-order valence-electron chi connectivity index (χ2n) is 7.94. The van der Waals surface area contributed by atoms with Gasteiger partial charge in [0.25, 0.3) is 11.3 Å². The molecule has 5 heterocycles. The summed E-state index contributed by atoms with van der Waals surface area (Å²) in [5.74, 6) is 2.59. The summed E-state index contributed by atoms with van der Waals surface area (Å²) in [4.78, 5) is 23.3. The first kappa shape index (κ1) is 18.5. The molecule has 10 nitrogen and oxygen atoms in total. The molecule has 0 atom stereocenters. The number of rotatable bonds is 4. The normalized spacial score (nSPS) is 14.5. The highest BCUT2D eigenvalue weighted by Crippen LogP contribution is 2.29. The molecule has 1 saturated heterocycles. The van der Waals surface area contributed by atoms with Crippen LogP contribution in [0.5, 0.6) is 0 Å². The van der Waals surface area contributed by atoms with Crippen LogP contribution in [0, 0.1) is 33.6 Å². The molecule has 0 N–H and O–H groups in total. The van der Waals surface area contributed by atoms with Crippen LogP contribution in [0.3, 0.4) is 0 Å². The molecule has 1 aliphatic heterocycles. The smallest absolute Gasteiger partial charge is 0.266 e. The summed E-state index contributed by atoms with van der Waals surface area (Å²) in [6, 6.07) is 5.27. The number of hydrogen-bond donors (Lipinski definition) is 0. The highest BCUT2D eigenvalue weighted by atomic mass is 16.1. The lowest BCUT2D eigenvalue weighted by molar-refractivity contribution is 0.330. The average molecular weight is 405 g/mol. The van der Waals surface area contributed by atoms with Gasteiger partial charge in [0, 0.05) is 42.0 Å². The highest BCUT2D eigenvalue weighted by Gasteiger charge is 2.31. The van der Waals surface area contributed by atoms with Gasteiger partial charge in [0.15, 0.2) is 5.82 Å². The lowest BCUT2D eigenvalue weighted by Gasteiger charge is -2.41. The largest absolute Gasteiger partial charge is 0.355 e. The number of aryl methyl sites for hydroxylation is 3. The van der Waals surface area contributed by atoms with Gasteiger partial charge < -0.3 is 4.90 Å². The minimum absolute atomic E-state index is 0.103. The molecule has 5 rings (SSSR count). The predicted molar refractivity (Wildman–Crippen MR) is 111 cm³/mol. The van der Waals surface area contributed by atoms with Gasteiger partial charge in [-0.25, -0.2) is 14.3 Å². The van der Waals surface area contributed by atoms with Gasteiger partial charge in [-0.05, 0) is 39.8 Å². The molecular formula is C20H23N9O. The van der Waals surface area contributed by atoms with E-state index in [-0.39, 0.29) is 5.56 Å². The Morgan fingerprint density at radius 3 is 2.63 bits per heavy atom. The van der Waals surface area contributed by atoms with Crippen LogP contribution in [-0.4, -0.2) is 52.2 Å². The van der Waals surface area contributed by atoms with E-state index < -0.39 is 0 Å². The molecule has 1 fully saturated rings. The van der Waals surface area contributed by atoms with Crippen LogP contribution in [0.15, 0.2) is 29.3 Å². The molecule has 1 aliphatic rings. The van der Waals surface area contributed by atoms with Crippen molar-refractivity contribution >= 4 is 11.6 Å². The maximum absolute atomic E-state index is 12.4. The van der Waals surface area contributed by atoms with Gasteiger partial charge in [0.2, 0.25) is 0 Å². The van der Waals surface area contributed by atoms with E-state index in [9.17, 15) is 4.79 Å². The van der Waals surface area contributed by atoms with Crippen molar-refractivity contribution in [2.24, 2.45) is 5.92 Å². The maximum Gasteiger partial charge on any atom is 0.266 e. The molecule has 154 valence electrons. The number of nitrogens with zero attached hydrogens (tertiary/aromatic N) is 9. The van der Waals surface area contributed by atoms with Crippen LogP contribution in [0.2, 0.25) is 0 Å². The van der Waals surface area contributed by atoms with Crippen molar-refractivity contribution in [2.75, 3.05) is 18.0 Å². The number of fused-ring (bicyclic) bond motifs is 1. The zero-order valence-corrected chi connectivity index (χ0v) is 17.4. The van der Waals surface area contributed by atoms with Crippen LogP contribution >= 0.6 is 0 Å². The molecule has 0 radical (unpaired) electrons. The Morgan fingerprint density at radius 2 is 1.90 bits per heavy atom. The Kier molecular flexibility index (Phi) is 4.16. The summed E-state index contributed by atoms with van der Waals surface area (Å²) in [5, 5.41) is 13.4. The molecule has 10 heteroatoms. The van der Waals surface area contributed by atoms with E-state index in [0.29, 0.717) is 24.1 Å². The van der Waals surface area contributed by atoms with Crippen molar-refractivity contribution < 1.29 is 0 Å². The SMILES string of the molecule is Cc1cc(C)n(-c2ccc(=O)n(CC3CN(c4c(C)c(C)nc5ncnn45)C3)n2)n1. The summed E-state index contributed by atoms with van der Waals surface area (Å²) < 4.78 is 5.10. The van der Waals surface area contributed by atoms with Crippen LogP contribution < -0.4 is 10.5 Å². The molecule has 4 aromatic heterocycles. The Bertz CT molecular complexity index is 1310. The fourth-order valence-electron chi connectivity index (χ4n) is 4.03. The average Bonchev–Trinajstić information content (AvgIpc) is 3.26.